The normalized spacial score (nSPS) is 12.1. The van der Waals surface area contributed by atoms with Gasteiger partial charge in [0.1, 0.15) is 4.88 Å². The van der Waals surface area contributed by atoms with E-state index in [2.05, 4.69) is 0 Å². The summed E-state index contributed by atoms with van der Waals surface area (Å²) >= 11 is 1.00. The topological polar surface area (TPSA) is 40.5 Å². The first kappa shape index (κ1) is 14.0. The monoisotopic (exact) mass is 267 g/mol. The molecule has 0 saturated heterocycles. The van der Waals surface area contributed by atoms with Crippen LogP contribution >= 0.6 is 11.3 Å². The Bertz CT molecular complexity index is 389. The lowest BCUT2D eigenvalue weighted by molar-refractivity contribution is -0.146. The molecule has 0 radical (unpaired) electrons. The highest BCUT2D eigenvalue weighted by Crippen LogP contribution is 2.21. The lowest BCUT2D eigenvalue weighted by Crippen LogP contribution is -2.33. The first-order valence-corrected chi connectivity index (χ1v) is 5.74. The van der Waals surface area contributed by atoms with Crippen LogP contribution in [0.1, 0.15) is 21.5 Å². The molecule has 1 aromatic heterocycles. The van der Waals surface area contributed by atoms with Crippen LogP contribution in [0.5, 0.6) is 0 Å². The van der Waals surface area contributed by atoms with Gasteiger partial charge in [-0.1, -0.05) is 6.92 Å². The summed E-state index contributed by atoms with van der Waals surface area (Å²) in [7, 11) is 0. The van der Waals surface area contributed by atoms with Crippen molar-refractivity contribution in [2.24, 2.45) is 0 Å². The van der Waals surface area contributed by atoms with Crippen molar-refractivity contribution in [2.75, 3.05) is 13.1 Å². The number of carbonyl (C=O) groups is 1. The van der Waals surface area contributed by atoms with Crippen LogP contribution in [0.25, 0.3) is 0 Å². The molecule has 96 valence electrons. The van der Waals surface area contributed by atoms with Crippen molar-refractivity contribution in [2.45, 2.75) is 19.6 Å². The van der Waals surface area contributed by atoms with E-state index in [0.717, 1.165) is 11.3 Å². The Hall–Kier alpha value is -1.08. The molecular weight excluding hydrogens is 255 g/mol. The molecule has 0 aliphatic rings. The third-order valence-corrected chi connectivity index (χ3v) is 3.16. The second kappa shape index (κ2) is 5.50. The highest BCUT2D eigenvalue weighted by atomic mass is 32.1. The van der Waals surface area contributed by atoms with Gasteiger partial charge in [0.15, 0.2) is 0 Å². The van der Waals surface area contributed by atoms with Crippen molar-refractivity contribution >= 4 is 17.3 Å². The number of carboxylic acid groups (broad SMARTS) is 1. The minimum absolute atomic E-state index is 0.119. The van der Waals surface area contributed by atoms with E-state index in [1.54, 1.807) is 13.0 Å². The minimum Gasteiger partial charge on any atom is -0.477 e. The Morgan fingerprint density at radius 3 is 2.53 bits per heavy atom. The highest BCUT2D eigenvalue weighted by Gasteiger charge is 2.30. The molecule has 0 bridgehead atoms. The van der Waals surface area contributed by atoms with Crippen molar-refractivity contribution in [3.63, 3.8) is 0 Å². The number of rotatable bonds is 5. The molecule has 0 unspecified atom stereocenters. The number of hydrogen-bond donors (Lipinski definition) is 1. The first-order valence-electron chi connectivity index (χ1n) is 4.93. The van der Waals surface area contributed by atoms with Gasteiger partial charge in [0.05, 0.1) is 6.54 Å². The zero-order valence-electron chi connectivity index (χ0n) is 9.12. The third-order valence-electron chi connectivity index (χ3n) is 2.10. The predicted molar refractivity (Wildman–Crippen MR) is 58.3 cm³/mol. The molecule has 1 heterocycles. The molecule has 0 spiro atoms. The van der Waals surface area contributed by atoms with Crippen molar-refractivity contribution in [1.82, 2.24) is 4.90 Å². The summed E-state index contributed by atoms with van der Waals surface area (Å²) in [5, 5.41) is 8.69. The van der Waals surface area contributed by atoms with Crippen LogP contribution in [0.15, 0.2) is 12.1 Å². The number of thiophene rings is 1. The van der Waals surface area contributed by atoms with E-state index in [1.807, 2.05) is 0 Å². The molecule has 0 aliphatic heterocycles. The molecule has 0 atom stereocenters. The van der Waals surface area contributed by atoms with Crippen LogP contribution in [0.2, 0.25) is 0 Å². The van der Waals surface area contributed by atoms with Crippen molar-refractivity contribution in [1.29, 1.82) is 0 Å². The lowest BCUT2D eigenvalue weighted by atomic mass is 10.4. The summed E-state index contributed by atoms with van der Waals surface area (Å²) in [6.45, 7) is 1.04. The number of nitrogens with zero attached hydrogens (tertiary/aromatic N) is 1. The van der Waals surface area contributed by atoms with E-state index in [0.29, 0.717) is 4.88 Å². The number of halogens is 3. The highest BCUT2D eigenvalue weighted by molar-refractivity contribution is 7.13. The molecule has 0 amide bonds. The smallest absolute Gasteiger partial charge is 0.401 e. The van der Waals surface area contributed by atoms with Gasteiger partial charge in [-0.3, -0.25) is 4.90 Å². The second-order valence-electron chi connectivity index (χ2n) is 3.49. The molecular formula is C10H12F3NO2S. The van der Waals surface area contributed by atoms with Gasteiger partial charge in [-0.25, -0.2) is 4.79 Å². The maximum Gasteiger partial charge on any atom is 0.401 e. The van der Waals surface area contributed by atoms with Crippen molar-refractivity contribution in [3.05, 3.63) is 21.9 Å². The fraction of sp³-hybridized carbons (Fsp3) is 0.500. The Balaban J connectivity index is 2.64. The Kier molecular flexibility index (Phi) is 4.53. The molecule has 0 aliphatic carbocycles. The summed E-state index contributed by atoms with van der Waals surface area (Å²) in [5.74, 6) is -1.06. The van der Waals surface area contributed by atoms with Gasteiger partial charge in [-0.05, 0) is 18.7 Å². The van der Waals surface area contributed by atoms with Crippen molar-refractivity contribution < 1.29 is 23.1 Å². The molecule has 3 nitrogen and oxygen atoms in total. The molecule has 0 aromatic carbocycles. The quantitative estimate of drug-likeness (QED) is 0.891. The molecule has 1 aromatic rings. The molecule has 0 fully saturated rings. The summed E-state index contributed by atoms with van der Waals surface area (Å²) in [5.41, 5.74) is 0. The van der Waals surface area contributed by atoms with E-state index < -0.39 is 18.7 Å². The Morgan fingerprint density at radius 2 is 2.12 bits per heavy atom. The summed E-state index contributed by atoms with van der Waals surface area (Å²) in [6.07, 6.45) is -4.23. The number of alkyl halides is 3. The van der Waals surface area contributed by atoms with Gasteiger partial charge in [-0.2, -0.15) is 13.2 Å². The van der Waals surface area contributed by atoms with Crippen LogP contribution in [0.4, 0.5) is 13.2 Å². The summed E-state index contributed by atoms with van der Waals surface area (Å²) in [4.78, 5) is 12.6. The number of hydrogen-bond acceptors (Lipinski definition) is 3. The van der Waals surface area contributed by atoms with Crippen LogP contribution in [-0.4, -0.2) is 35.2 Å². The number of aromatic carboxylic acids is 1. The van der Waals surface area contributed by atoms with Crippen molar-refractivity contribution in [3.8, 4) is 0 Å². The van der Waals surface area contributed by atoms with Crippen LogP contribution < -0.4 is 0 Å². The van der Waals surface area contributed by atoms with E-state index in [-0.39, 0.29) is 18.0 Å². The molecule has 0 saturated carbocycles. The van der Waals surface area contributed by atoms with Gasteiger partial charge in [-0.15, -0.1) is 11.3 Å². The van der Waals surface area contributed by atoms with Crippen LogP contribution in [0.3, 0.4) is 0 Å². The van der Waals surface area contributed by atoms with Crippen LogP contribution in [-0.2, 0) is 6.54 Å². The first-order chi connectivity index (χ1) is 7.81. The van der Waals surface area contributed by atoms with Gasteiger partial charge < -0.3 is 5.11 Å². The predicted octanol–water partition coefficient (Wildman–Crippen LogP) is 2.83. The lowest BCUT2D eigenvalue weighted by Gasteiger charge is -2.20. The van der Waals surface area contributed by atoms with Gasteiger partial charge in [0.2, 0.25) is 0 Å². The molecule has 1 N–H and O–H groups in total. The van der Waals surface area contributed by atoms with Gasteiger partial charge in [0, 0.05) is 11.4 Å². The largest absolute Gasteiger partial charge is 0.477 e. The Morgan fingerprint density at radius 1 is 1.47 bits per heavy atom. The summed E-state index contributed by atoms with van der Waals surface area (Å²) in [6, 6.07) is 2.96. The zero-order chi connectivity index (χ0) is 13.1. The van der Waals surface area contributed by atoms with E-state index in [1.165, 1.54) is 11.0 Å². The van der Waals surface area contributed by atoms with E-state index in [9.17, 15) is 18.0 Å². The van der Waals surface area contributed by atoms with Gasteiger partial charge in [0.25, 0.3) is 0 Å². The summed E-state index contributed by atoms with van der Waals surface area (Å²) < 4.78 is 36.6. The maximum atomic E-state index is 12.2. The third kappa shape index (κ3) is 4.74. The molecule has 7 heteroatoms. The maximum absolute atomic E-state index is 12.2. The van der Waals surface area contributed by atoms with E-state index in [4.69, 9.17) is 5.11 Å². The zero-order valence-corrected chi connectivity index (χ0v) is 9.94. The average Bonchev–Trinajstić information content (AvgIpc) is 2.63. The second-order valence-corrected chi connectivity index (χ2v) is 4.66. The number of carboxylic acids is 1. The van der Waals surface area contributed by atoms with Crippen LogP contribution in [0, 0.1) is 0 Å². The molecule has 17 heavy (non-hydrogen) atoms. The van der Waals surface area contributed by atoms with E-state index >= 15 is 0 Å². The van der Waals surface area contributed by atoms with Gasteiger partial charge >= 0.3 is 12.1 Å². The standard InChI is InChI=1S/C10H12F3NO2S/c1-2-14(6-10(11,12)13)5-7-3-4-8(17-7)9(15)16/h3-4H,2,5-6H2,1H3,(H,15,16). The fourth-order valence-corrected chi connectivity index (χ4v) is 2.22. The molecule has 1 rings (SSSR count). The SMILES string of the molecule is CCN(Cc1ccc(C(=O)O)s1)CC(F)(F)F. The Labute approximate surface area is 100 Å². The minimum atomic E-state index is -4.23. The fourth-order valence-electron chi connectivity index (χ4n) is 1.33. The average molecular weight is 267 g/mol.